The zero-order valence-corrected chi connectivity index (χ0v) is 11.4. The van der Waals surface area contributed by atoms with Crippen LogP contribution in [0, 0.1) is 6.92 Å². The third kappa shape index (κ3) is 2.55. The van der Waals surface area contributed by atoms with Gasteiger partial charge in [0.25, 0.3) is 5.91 Å². The fourth-order valence-corrected chi connectivity index (χ4v) is 2.10. The molecule has 2 aromatic heterocycles. The second-order valence-electron chi connectivity index (χ2n) is 4.75. The molecule has 1 amide bonds. The van der Waals surface area contributed by atoms with E-state index < -0.39 is 0 Å². The number of hydrogen-bond acceptors (Lipinski definition) is 4. The molecule has 0 spiro atoms. The summed E-state index contributed by atoms with van der Waals surface area (Å²) in [4.78, 5) is 12.1. The van der Waals surface area contributed by atoms with Crippen molar-refractivity contribution in [1.82, 2.24) is 19.9 Å². The molecule has 2 N–H and O–H groups in total. The van der Waals surface area contributed by atoms with Gasteiger partial charge in [0, 0.05) is 6.20 Å². The van der Waals surface area contributed by atoms with E-state index in [1.807, 2.05) is 31.3 Å². The molecule has 0 radical (unpaired) electrons. The first-order valence-corrected chi connectivity index (χ1v) is 6.51. The number of hydrogen-bond donors (Lipinski definition) is 2. The van der Waals surface area contributed by atoms with Gasteiger partial charge >= 0.3 is 0 Å². The number of nitrogens with one attached hydrogen (secondary N) is 1. The van der Waals surface area contributed by atoms with E-state index in [0.717, 1.165) is 11.2 Å². The summed E-state index contributed by atoms with van der Waals surface area (Å²) in [7, 11) is 0. The van der Waals surface area contributed by atoms with Gasteiger partial charge in [-0.25, -0.2) is 0 Å². The monoisotopic (exact) mass is 282 g/mol. The first kappa shape index (κ1) is 13.1. The van der Waals surface area contributed by atoms with Gasteiger partial charge in [-0.3, -0.25) is 9.20 Å². The lowest BCUT2D eigenvalue weighted by Crippen LogP contribution is -2.24. The molecule has 6 nitrogen and oxygen atoms in total. The van der Waals surface area contributed by atoms with Crippen molar-refractivity contribution in [2.75, 3.05) is 0 Å². The molecule has 0 saturated heterocycles. The zero-order valence-electron chi connectivity index (χ0n) is 11.4. The predicted octanol–water partition coefficient (Wildman–Crippen LogP) is 1.67. The van der Waals surface area contributed by atoms with Crippen LogP contribution in [0.1, 0.15) is 21.7 Å². The molecule has 0 aliphatic heterocycles. The minimum atomic E-state index is -0.344. The van der Waals surface area contributed by atoms with Crippen LogP contribution in [0.15, 0.2) is 42.6 Å². The van der Waals surface area contributed by atoms with Crippen molar-refractivity contribution in [3.63, 3.8) is 0 Å². The van der Waals surface area contributed by atoms with E-state index in [-0.39, 0.29) is 23.8 Å². The average molecular weight is 282 g/mol. The van der Waals surface area contributed by atoms with Gasteiger partial charge in [-0.1, -0.05) is 17.7 Å². The number of carbonyl (C=O) groups is 1. The molecule has 3 aromatic rings. The van der Waals surface area contributed by atoms with E-state index in [4.69, 9.17) is 0 Å². The number of aromatic nitrogens is 3. The number of benzene rings is 1. The van der Waals surface area contributed by atoms with Gasteiger partial charge in [-0.2, -0.15) is 0 Å². The molecule has 2 heterocycles. The van der Waals surface area contributed by atoms with E-state index in [1.54, 1.807) is 16.5 Å². The molecule has 0 bridgehead atoms. The molecular formula is C15H14N4O2. The Kier molecular flexibility index (Phi) is 3.27. The van der Waals surface area contributed by atoms with Gasteiger partial charge in [0.15, 0.2) is 11.5 Å². The van der Waals surface area contributed by atoms with Crippen LogP contribution in [0.3, 0.4) is 0 Å². The number of amides is 1. The normalized spacial score (nSPS) is 10.7. The lowest BCUT2D eigenvalue weighted by molar-refractivity contribution is 0.0947. The summed E-state index contributed by atoms with van der Waals surface area (Å²) in [6.07, 6.45) is 1.83. The molecule has 0 aliphatic carbocycles. The highest BCUT2D eigenvalue weighted by molar-refractivity contribution is 5.96. The second kappa shape index (κ2) is 5.24. The Hall–Kier alpha value is -2.89. The van der Waals surface area contributed by atoms with Crippen LogP contribution < -0.4 is 5.32 Å². The number of pyridine rings is 1. The van der Waals surface area contributed by atoms with E-state index in [1.165, 1.54) is 6.07 Å². The maximum absolute atomic E-state index is 12.1. The van der Waals surface area contributed by atoms with Crippen molar-refractivity contribution in [1.29, 1.82) is 0 Å². The van der Waals surface area contributed by atoms with Crippen LogP contribution in [-0.4, -0.2) is 25.6 Å². The Morgan fingerprint density at radius 3 is 3.00 bits per heavy atom. The van der Waals surface area contributed by atoms with Gasteiger partial charge in [-0.05, 0) is 31.2 Å². The van der Waals surface area contributed by atoms with Crippen LogP contribution in [0.5, 0.6) is 5.75 Å². The quantitative estimate of drug-likeness (QED) is 0.766. The minimum absolute atomic E-state index is 0.0378. The lowest BCUT2D eigenvalue weighted by Gasteiger charge is -2.07. The van der Waals surface area contributed by atoms with Crippen molar-refractivity contribution in [2.24, 2.45) is 0 Å². The number of aryl methyl sites for hydroxylation is 1. The fourth-order valence-electron chi connectivity index (χ4n) is 2.10. The molecule has 3 rings (SSSR count). The predicted molar refractivity (Wildman–Crippen MR) is 77.0 cm³/mol. The van der Waals surface area contributed by atoms with Crippen LogP contribution >= 0.6 is 0 Å². The molecule has 1 aromatic carbocycles. The summed E-state index contributed by atoms with van der Waals surface area (Å²) in [5.41, 5.74) is 1.88. The number of fused-ring (bicyclic) bond motifs is 1. The molecule has 0 saturated carbocycles. The number of aromatic hydroxyl groups is 1. The maximum Gasteiger partial charge on any atom is 0.255 e. The SMILES string of the molecule is Cc1ccc(O)c(C(=O)NCc2nnc3ccccn23)c1. The topological polar surface area (TPSA) is 79.5 Å². The van der Waals surface area contributed by atoms with Crippen molar-refractivity contribution >= 4 is 11.6 Å². The smallest absolute Gasteiger partial charge is 0.255 e. The fraction of sp³-hybridized carbons (Fsp3) is 0.133. The number of phenols is 1. The van der Waals surface area contributed by atoms with E-state index in [2.05, 4.69) is 15.5 Å². The van der Waals surface area contributed by atoms with Crippen molar-refractivity contribution in [2.45, 2.75) is 13.5 Å². The molecule has 0 aliphatic rings. The molecule has 0 unspecified atom stereocenters. The standard InChI is InChI=1S/C15H14N4O2/c1-10-5-6-12(20)11(8-10)15(21)16-9-14-18-17-13-4-2-3-7-19(13)14/h2-8,20H,9H2,1H3,(H,16,21). The summed E-state index contributed by atoms with van der Waals surface area (Å²) in [6, 6.07) is 10.5. The first-order chi connectivity index (χ1) is 10.1. The molecule has 6 heteroatoms. The molecule has 106 valence electrons. The third-order valence-corrected chi connectivity index (χ3v) is 3.19. The number of rotatable bonds is 3. The highest BCUT2D eigenvalue weighted by Gasteiger charge is 2.12. The van der Waals surface area contributed by atoms with Gasteiger partial charge in [0.1, 0.15) is 5.75 Å². The van der Waals surface area contributed by atoms with Crippen LogP contribution in [0.4, 0.5) is 0 Å². The van der Waals surface area contributed by atoms with Crippen molar-refractivity contribution < 1.29 is 9.90 Å². The zero-order chi connectivity index (χ0) is 14.8. The highest BCUT2D eigenvalue weighted by Crippen LogP contribution is 2.18. The van der Waals surface area contributed by atoms with E-state index in [9.17, 15) is 9.90 Å². The summed E-state index contributed by atoms with van der Waals surface area (Å²) in [5.74, 6) is 0.249. The lowest BCUT2D eigenvalue weighted by atomic mass is 10.1. The second-order valence-corrected chi connectivity index (χ2v) is 4.75. The van der Waals surface area contributed by atoms with E-state index >= 15 is 0 Å². The van der Waals surface area contributed by atoms with Crippen LogP contribution in [-0.2, 0) is 6.54 Å². The van der Waals surface area contributed by atoms with Crippen molar-refractivity contribution in [3.05, 3.63) is 59.5 Å². The Bertz CT molecular complexity index is 810. The van der Waals surface area contributed by atoms with Gasteiger partial charge in [0.2, 0.25) is 0 Å². The number of nitrogens with zero attached hydrogens (tertiary/aromatic N) is 3. The average Bonchev–Trinajstić information content (AvgIpc) is 2.90. The first-order valence-electron chi connectivity index (χ1n) is 6.51. The van der Waals surface area contributed by atoms with Crippen LogP contribution in [0.2, 0.25) is 0 Å². The van der Waals surface area contributed by atoms with Crippen molar-refractivity contribution in [3.8, 4) is 5.75 Å². The summed E-state index contributed by atoms with van der Waals surface area (Å²) in [5, 5.41) is 20.5. The molecule has 0 atom stereocenters. The largest absolute Gasteiger partial charge is 0.507 e. The Balaban J connectivity index is 1.78. The third-order valence-electron chi connectivity index (χ3n) is 3.19. The molecule has 0 fully saturated rings. The van der Waals surface area contributed by atoms with Gasteiger partial charge < -0.3 is 10.4 Å². The van der Waals surface area contributed by atoms with Crippen LogP contribution in [0.25, 0.3) is 5.65 Å². The molecular weight excluding hydrogens is 268 g/mol. The van der Waals surface area contributed by atoms with Gasteiger partial charge in [0.05, 0.1) is 12.1 Å². The summed E-state index contributed by atoms with van der Waals surface area (Å²) < 4.78 is 1.80. The minimum Gasteiger partial charge on any atom is -0.507 e. The number of carbonyl (C=O) groups excluding carboxylic acids is 1. The molecule has 21 heavy (non-hydrogen) atoms. The Labute approximate surface area is 121 Å². The number of phenolic OH excluding ortho intramolecular Hbond substituents is 1. The van der Waals surface area contributed by atoms with E-state index in [0.29, 0.717) is 5.82 Å². The maximum atomic E-state index is 12.1. The Morgan fingerprint density at radius 2 is 2.14 bits per heavy atom. The van der Waals surface area contributed by atoms with Gasteiger partial charge in [-0.15, -0.1) is 10.2 Å². The summed E-state index contributed by atoms with van der Waals surface area (Å²) >= 11 is 0. The highest BCUT2D eigenvalue weighted by atomic mass is 16.3. The Morgan fingerprint density at radius 1 is 1.29 bits per heavy atom. The summed E-state index contributed by atoms with van der Waals surface area (Å²) in [6.45, 7) is 2.10.